The number of anilines is 2. The third kappa shape index (κ3) is 5.88. The summed E-state index contributed by atoms with van der Waals surface area (Å²) in [6.45, 7) is 6.06. The first-order valence-electron chi connectivity index (χ1n) is 10.4. The van der Waals surface area contributed by atoms with Gasteiger partial charge in [0.1, 0.15) is 11.5 Å². The van der Waals surface area contributed by atoms with Gasteiger partial charge in [-0.2, -0.15) is 0 Å². The molecule has 0 radical (unpaired) electrons. The van der Waals surface area contributed by atoms with E-state index in [0.717, 1.165) is 16.9 Å². The van der Waals surface area contributed by atoms with Crippen LogP contribution in [0.4, 0.5) is 11.4 Å². The van der Waals surface area contributed by atoms with Gasteiger partial charge in [0, 0.05) is 11.3 Å². The van der Waals surface area contributed by atoms with Gasteiger partial charge >= 0.3 is 0 Å². The summed E-state index contributed by atoms with van der Waals surface area (Å²) in [6.07, 6.45) is 0. The third-order valence-corrected chi connectivity index (χ3v) is 4.94. The van der Waals surface area contributed by atoms with E-state index in [1.807, 2.05) is 37.3 Å². The van der Waals surface area contributed by atoms with Crippen LogP contribution in [-0.4, -0.2) is 25.5 Å². The second-order valence-electron chi connectivity index (χ2n) is 7.76. The molecule has 2 N–H and O–H groups in total. The van der Waals surface area contributed by atoms with Crippen LogP contribution >= 0.6 is 0 Å². The van der Waals surface area contributed by atoms with E-state index in [1.165, 1.54) is 0 Å². The molecule has 3 aromatic rings. The molecule has 2 amide bonds. The third-order valence-electron chi connectivity index (χ3n) is 4.94. The number of methoxy groups -OCH3 is 1. The van der Waals surface area contributed by atoms with Gasteiger partial charge in [-0.1, -0.05) is 38.1 Å². The fourth-order valence-electron chi connectivity index (χ4n) is 3.23. The molecule has 6 heteroatoms. The Kier molecular flexibility index (Phi) is 7.49. The first kappa shape index (κ1) is 22.9. The molecule has 6 nitrogen and oxygen atoms in total. The molecule has 0 bridgehead atoms. The van der Waals surface area contributed by atoms with Crippen molar-refractivity contribution in [1.29, 1.82) is 0 Å². The minimum Gasteiger partial charge on any atom is -0.495 e. The molecule has 166 valence electrons. The Balaban J connectivity index is 1.58. The van der Waals surface area contributed by atoms with Gasteiger partial charge in [0.05, 0.1) is 12.8 Å². The molecule has 0 aliphatic heterocycles. The first-order valence-corrected chi connectivity index (χ1v) is 10.4. The van der Waals surface area contributed by atoms with Crippen molar-refractivity contribution in [3.8, 4) is 11.5 Å². The van der Waals surface area contributed by atoms with Gasteiger partial charge in [0.2, 0.25) is 0 Å². The predicted octanol–water partition coefficient (Wildman–Crippen LogP) is 5.40. The zero-order valence-corrected chi connectivity index (χ0v) is 18.8. The Morgan fingerprint density at radius 3 is 2.31 bits per heavy atom. The molecule has 3 aromatic carbocycles. The largest absolute Gasteiger partial charge is 0.495 e. The summed E-state index contributed by atoms with van der Waals surface area (Å²) in [7, 11) is 1.55. The Labute approximate surface area is 188 Å². The number of carbonyl (C=O) groups is 2. The van der Waals surface area contributed by atoms with Crippen molar-refractivity contribution in [2.45, 2.75) is 26.7 Å². The molecular formula is C26H28N2O4. The molecule has 32 heavy (non-hydrogen) atoms. The zero-order valence-electron chi connectivity index (χ0n) is 18.8. The van der Waals surface area contributed by atoms with Crippen LogP contribution in [0.15, 0.2) is 66.7 Å². The van der Waals surface area contributed by atoms with E-state index in [2.05, 4.69) is 24.5 Å². The first-order chi connectivity index (χ1) is 15.4. The van der Waals surface area contributed by atoms with E-state index in [4.69, 9.17) is 9.47 Å². The maximum atomic E-state index is 12.5. The van der Waals surface area contributed by atoms with Crippen LogP contribution < -0.4 is 20.1 Å². The fourth-order valence-corrected chi connectivity index (χ4v) is 3.23. The van der Waals surface area contributed by atoms with Gasteiger partial charge in [-0.3, -0.25) is 9.59 Å². The van der Waals surface area contributed by atoms with E-state index in [0.29, 0.717) is 28.6 Å². The molecule has 0 aromatic heterocycles. The molecule has 0 saturated heterocycles. The number of para-hydroxylation sites is 2. The van der Waals surface area contributed by atoms with Gasteiger partial charge in [-0.25, -0.2) is 0 Å². The minimum absolute atomic E-state index is 0.0980. The number of rotatable bonds is 8. The normalized spacial score (nSPS) is 10.5. The molecule has 0 aliphatic rings. The molecule has 0 unspecified atom stereocenters. The van der Waals surface area contributed by atoms with Crippen LogP contribution in [0, 0.1) is 6.92 Å². The maximum absolute atomic E-state index is 12.5. The van der Waals surface area contributed by atoms with Crippen LogP contribution in [0.25, 0.3) is 0 Å². The van der Waals surface area contributed by atoms with Crippen molar-refractivity contribution in [3.05, 3.63) is 83.4 Å². The van der Waals surface area contributed by atoms with E-state index < -0.39 is 0 Å². The summed E-state index contributed by atoms with van der Waals surface area (Å²) in [4.78, 5) is 24.9. The second kappa shape index (κ2) is 10.5. The fraction of sp³-hybridized carbons (Fsp3) is 0.231. The monoisotopic (exact) mass is 432 g/mol. The molecule has 0 atom stereocenters. The van der Waals surface area contributed by atoms with E-state index >= 15 is 0 Å². The highest BCUT2D eigenvalue weighted by Crippen LogP contribution is 2.27. The summed E-state index contributed by atoms with van der Waals surface area (Å²) in [5.74, 6) is 1.06. The van der Waals surface area contributed by atoms with Crippen molar-refractivity contribution in [3.63, 3.8) is 0 Å². The van der Waals surface area contributed by atoms with Crippen molar-refractivity contribution in [2.75, 3.05) is 24.4 Å². The quantitative estimate of drug-likeness (QED) is 0.500. The van der Waals surface area contributed by atoms with Crippen LogP contribution in [0.1, 0.15) is 41.3 Å². The number of carbonyl (C=O) groups excluding carboxylic acids is 2. The van der Waals surface area contributed by atoms with Crippen molar-refractivity contribution in [1.82, 2.24) is 0 Å². The van der Waals surface area contributed by atoms with Gasteiger partial charge in [-0.15, -0.1) is 0 Å². The van der Waals surface area contributed by atoms with E-state index in [9.17, 15) is 9.59 Å². The predicted molar refractivity (Wildman–Crippen MR) is 127 cm³/mol. The lowest BCUT2D eigenvalue weighted by molar-refractivity contribution is -0.118. The van der Waals surface area contributed by atoms with E-state index in [-0.39, 0.29) is 18.4 Å². The zero-order chi connectivity index (χ0) is 23.1. The molecule has 0 spiro atoms. The van der Waals surface area contributed by atoms with Crippen LogP contribution in [0.5, 0.6) is 11.5 Å². The number of hydrogen-bond donors (Lipinski definition) is 2. The lowest BCUT2D eigenvalue weighted by Gasteiger charge is -2.15. The SMILES string of the molecule is COc1ccccc1NC(=O)c1ccc(NC(=O)COc2cc(C)ccc2C(C)C)cc1. The molecule has 3 rings (SSSR count). The number of nitrogens with one attached hydrogen (secondary N) is 2. The number of ether oxygens (including phenoxy) is 2. The topological polar surface area (TPSA) is 76.7 Å². The Bertz CT molecular complexity index is 1090. The Morgan fingerprint density at radius 1 is 0.906 bits per heavy atom. The summed E-state index contributed by atoms with van der Waals surface area (Å²) in [5, 5.41) is 5.62. The van der Waals surface area contributed by atoms with Crippen molar-refractivity contribution >= 4 is 23.2 Å². The molecule has 0 aliphatic carbocycles. The van der Waals surface area contributed by atoms with Crippen LogP contribution in [0.2, 0.25) is 0 Å². The minimum atomic E-state index is -0.271. The summed E-state index contributed by atoms with van der Waals surface area (Å²) in [5.41, 5.74) is 3.78. The van der Waals surface area contributed by atoms with Crippen molar-refractivity contribution in [2.24, 2.45) is 0 Å². The lowest BCUT2D eigenvalue weighted by Crippen LogP contribution is -2.20. The van der Waals surface area contributed by atoms with E-state index in [1.54, 1.807) is 43.5 Å². The number of benzene rings is 3. The van der Waals surface area contributed by atoms with Crippen LogP contribution in [-0.2, 0) is 4.79 Å². The number of aryl methyl sites for hydroxylation is 1. The molecule has 0 heterocycles. The lowest BCUT2D eigenvalue weighted by atomic mass is 10.0. The number of amides is 2. The molecule has 0 saturated carbocycles. The maximum Gasteiger partial charge on any atom is 0.262 e. The summed E-state index contributed by atoms with van der Waals surface area (Å²) >= 11 is 0. The Morgan fingerprint density at radius 2 is 1.62 bits per heavy atom. The highest BCUT2D eigenvalue weighted by atomic mass is 16.5. The highest BCUT2D eigenvalue weighted by Gasteiger charge is 2.12. The average Bonchev–Trinajstić information content (AvgIpc) is 2.78. The summed E-state index contributed by atoms with van der Waals surface area (Å²) in [6, 6.07) is 19.9. The van der Waals surface area contributed by atoms with Gasteiger partial charge in [0.25, 0.3) is 11.8 Å². The second-order valence-corrected chi connectivity index (χ2v) is 7.76. The van der Waals surface area contributed by atoms with Gasteiger partial charge in [-0.05, 0) is 66.4 Å². The smallest absolute Gasteiger partial charge is 0.262 e. The highest BCUT2D eigenvalue weighted by molar-refractivity contribution is 6.05. The summed E-state index contributed by atoms with van der Waals surface area (Å²) < 4.78 is 11.0. The van der Waals surface area contributed by atoms with Crippen molar-refractivity contribution < 1.29 is 19.1 Å². The standard InChI is InChI=1S/C26H28N2O4/c1-17(2)21-14-9-18(3)15-24(21)32-16-25(29)27-20-12-10-19(11-13-20)26(30)28-22-7-5-6-8-23(22)31-4/h5-15,17H,16H2,1-4H3,(H,27,29)(H,28,30). The van der Waals surface area contributed by atoms with Gasteiger partial charge < -0.3 is 20.1 Å². The molecular weight excluding hydrogens is 404 g/mol. The molecule has 0 fully saturated rings. The average molecular weight is 433 g/mol. The number of hydrogen-bond acceptors (Lipinski definition) is 4. The van der Waals surface area contributed by atoms with Crippen LogP contribution in [0.3, 0.4) is 0 Å². The van der Waals surface area contributed by atoms with Gasteiger partial charge in [0.15, 0.2) is 6.61 Å². The Hall–Kier alpha value is -3.80.